The zero-order valence-electron chi connectivity index (χ0n) is 16.7. The average Bonchev–Trinajstić information content (AvgIpc) is 2.65. The topological polar surface area (TPSA) is 58.6 Å². The minimum Gasteiger partial charge on any atom is -0.481 e. The second-order valence-corrected chi connectivity index (χ2v) is 7.01. The van der Waals surface area contributed by atoms with E-state index in [-0.39, 0.29) is 30.9 Å². The first-order valence-corrected chi connectivity index (χ1v) is 9.31. The molecule has 1 N–H and O–H groups in total. The molecule has 0 fully saturated rings. The van der Waals surface area contributed by atoms with Gasteiger partial charge in [0.15, 0.2) is 18.2 Å². The molecule has 28 heavy (non-hydrogen) atoms. The van der Waals surface area contributed by atoms with Crippen molar-refractivity contribution >= 4 is 11.8 Å². The Morgan fingerprint density at radius 3 is 2.36 bits per heavy atom. The van der Waals surface area contributed by atoms with Gasteiger partial charge in [-0.05, 0) is 51.0 Å². The molecule has 2 aromatic rings. The zero-order chi connectivity index (χ0) is 20.7. The Kier molecular flexibility index (Phi) is 7.55. The predicted molar refractivity (Wildman–Crippen MR) is 106 cm³/mol. The molecule has 6 heteroatoms. The Bertz CT molecular complexity index is 823. The molecular weight excluding hydrogens is 359 g/mol. The molecule has 0 aliphatic carbocycles. The highest BCUT2D eigenvalue weighted by Gasteiger charge is 2.27. The lowest BCUT2D eigenvalue weighted by molar-refractivity contribution is -0.142. The smallest absolute Gasteiger partial charge is 0.261 e. The van der Waals surface area contributed by atoms with E-state index in [1.165, 1.54) is 17.0 Å². The standard InChI is InChI=1S/C22H27FN2O3/c1-15(2)24-22(27)17(4)25(13-18-10-6-5-9-16(18)3)21(26)14-28-20-12-8-7-11-19(20)23/h5-12,15,17H,13-14H2,1-4H3,(H,24,27)/t17-/m1/s1. The maximum atomic E-state index is 13.8. The Morgan fingerprint density at radius 2 is 1.71 bits per heavy atom. The van der Waals surface area contributed by atoms with Crippen LogP contribution in [0.3, 0.4) is 0 Å². The van der Waals surface area contributed by atoms with E-state index in [2.05, 4.69) is 5.32 Å². The number of halogens is 1. The second kappa shape index (κ2) is 9.88. The number of para-hydroxylation sites is 1. The molecule has 5 nitrogen and oxygen atoms in total. The fraction of sp³-hybridized carbons (Fsp3) is 0.364. The highest BCUT2D eigenvalue weighted by molar-refractivity contribution is 5.88. The molecule has 0 spiro atoms. The van der Waals surface area contributed by atoms with Gasteiger partial charge in [0, 0.05) is 12.6 Å². The average molecular weight is 386 g/mol. The highest BCUT2D eigenvalue weighted by Crippen LogP contribution is 2.17. The van der Waals surface area contributed by atoms with Crippen LogP contribution in [0.4, 0.5) is 4.39 Å². The molecular formula is C22H27FN2O3. The van der Waals surface area contributed by atoms with Crippen LogP contribution >= 0.6 is 0 Å². The molecule has 1 atom stereocenters. The van der Waals surface area contributed by atoms with Crippen molar-refractivity contribution in [3.05, 3.63) is 65.5 Å². The van der Waals surface area contributed by atoms with Gasteiger partial charge in [-0.15, -0.1) is 0 Å². The Hall–Kier alpha value is -2.89. The van der Waals surface area contributed by atoms with Gasteiger partial charge in [-0.2, -0.15) is 0 Å². The van der Waals surface area contributed by atoms with Crippen LogP contribution in [0.25, 0.3) is 0 Å². The Balaban J connectivity index is 2.18. The number of rotatable bonds is 8. The first-order chi connectivity index (χ1) is 13.3. The summed E-state index contributed by atoms with van der Waals surface area (Å²) in [5.74, 6) is -1.17. The van der Waals surface area contributed by atoms with Gasteiger partial charge in [-0.25, -0.2) is 4.39 Å². The monoisotopic (exact) mass is 386 g/mol. The van der Waals surface area contributed by atoms with Crippen LogP contribution in [0.15, 0.2) is 48.5 Å². The molecule has 0 aliphatic rings. The fourth-order valence-corrected chi connectivity index (χ4v) is 2.74. The van der Waals surface area contributed by atoms with Crippen molar-refractivity contribution in [3.63, 3.8) is 0 Å². The third-order valence-electron chi connectivity index (χ3n) is 4.39. The summed E-state index contributed by atoms with van der Waals surface area (Å²) in [7, 11) is 0. The number of aryl methyl sites for hydroxylation is 1. The first-order valence-electron chi connectivity index (χ1n) is 9.31. The molecule has 0 radical (unpaired) electrons. The van der Waals surface area contributed by atoms with E-state index in [9.17, 15) is 14.0 Å². The largest absolute Gasteiger partial charge is 0.481 e. The number of hydrogen-bond donors (Lipinski definition) is 1. The van der Waals surface area contributed by atoms with E-state index < -0.39 is 17.8 Å². The summed E-state index contributed by atoms with van der Waals surface area (Å²) in [6, 6.07) is 12.8. The zero-order valence-corrected chi connectivity index (χ0v) is 16.7. The van der Waals surface area contributed by atoms with Crippen LogP contribution in [-0.2, 0) is 16.1 Å². The van der Waals surface area contributed by atoms with Gasteiger partial charge in [0.05, 0.1) is 0 Å². The van der Waals surface area contributed by atoms with Gasteiger partial charge in [-0.1, -0.05) is 36.4 Å². The molecule has 2 aromatic carbocycles. The molecule has 0 bridgehead atoms. The first kappa shape index (κ1) is 21.4. The van der Waals surface area contributed by atoms with Crippen molar-refractivity contribution in [2.24, 2.45) is 0 Å². The van der Waals surface area contributed by atoms with E-state index in [1.54, 1.807) is 19.1 Å². The Labute approximate surface area is 165 Å². The number of amides is 2. The van der Waals surface area contributed by atoms with E-state index in [4.69, 9.17) is 4.74 Å². The molecule has 0 unspecified atom stereocenters. The molecule has 0 aliphatic heterocycles. The Morgan fingerprint density at radius 1 is 1.07 bits per heavy atom. The second-order valence-electron chi connectivity index (χ2n) is 7.01. The van der Waals surface area contributed by atoms with Gasteiger partial charge in [0.2, 0.25) is 5.91 Å². The SMILES string of the molecule is Cc1ccccc1CN(C(=O)COc1ccccc1F)[C@H](C)C(=O)NC(C)C. The number of carbonyl (C=O) groups is 2. The summed E-state index contributed by atoms with van der Waals surface area (Å²) < 4.78 is 19.1. The van der Waals surface area contributed by atoms with E-state index in [1.807, 2.05) is 45.0 Å². The number of carbonyl (C=O) groups excluding carboxylic acids is 2. The van der Waals surface area contributed by atoms with Crippen LogP contribution < -0.4 is 10.1 Å². The normalized spacial score (nSPS) is 11.8. The summed E-state index contributed by atoms with van der Waals surface area (Å²) in [5.41, 5.74) is 1.96. The van der Waals surface area contributed by atoms with Gasteiger partial charge >= 0.3 is 0 Å². The van der Waals surface area contributed by atoms with Crippen LogP contribution in [0, 0.1) is 12.7 Å². The summed E-state index contributed by atoms with van der Waals surface area (Å²) in [4.78, 5) is 26.8. The van der Waals surface area contributed by atoms with Gasteiger partial charge in [0.1, 0.15) is 6.04 Å². The van der Waals surface area contributed by atoms with Crippen molar-refractivity contribution in [2.75, 3.05) is 6.61 Å². The molecule has 2 rings (SSSR count). The van der Waals surface area contributed by atoms with Crippen molar-refractivity contribution in [1.82, 2.24) is 10.2 Å². The summed E-state index contributed by atoms with van der Waals surface area (Å²) in [6.07, 6.45) is 0. The van der Waals surface area contributed by atoms with Crippen molar-refractivity contribution < 1.29 is 18.7 Å². The molecule has 0 aromatic heterocycles. The molecule has 150 valence electrons. The van der Waals surface area contributed by atoms with Crippen molar-refractivity contribution in [2.45, 2.75) is 46.3 Å². The number of ether oxygens (including phenoxy) is 1. The number of nitrogens with zero attached hydrogens (tertiary/aromatic N) is 1. The number of nitrogens with one attached hydrogen (secondary N) is 1. The summed E-state index contributed by atoms with van der Waals surface area (Å²) in [6.45, 7) is 7.26. The maximum Gasteiger partial charge on any atom is 0.261 e. The molecule has 0 heterocycles. The molecule has 0 saturated carbocycles. The van der Waals surface area contributed by atoms with Crippen LogP contribution in [0.2, 0.25) is 0 Å². The van der Waals surface area contributed by atoms with Crippen molar-refractivity contribution in [3.8, 4) is 5.75 Å². The van der Waals surface area contributed by atoms with Gasteiger partial charge in [0.25, 0.3) is 5.91 Å². The third-order valence-corrected chi connectivity index (χ3v) is 4.39. The molecule has 0 saturated heterocycles. The van der Waals surface area contributed by atoms with Gasteiger partial charge in [-0.3, -0.25) is 9.59 Å². The lowest BCUT2D eigenvalue weighted by Crippen LogP contribution is -2.50. The third kappa shape index (κ3) is 5.81. The van der Waals surface area contributed by atoms with E-state index in [0.717, 1.165) is 11.1 Å². The van der Waals surface area contributed by atoms with Crippen LogP contribution in [0.5, 0.6) is 5.75 Å². The maximum absolute atomic E-state index is 13.8. The number of benzene rings is 2. The highest BCUT2D eigenvalue weighted by atomic mass is 19.1. The lowest BCUT2D eigenvalue weighted by atomic mass is 10.1. The van der Waals surface area contributed by atoms with E-state index in [0.29, 0.717) is 0 Å². The van der Waals surface area contributed by atoms with E-state index >= 15 is 0 Å². The minimum atomic E-state index is -0.696. The van der Waals surface area contributed by atoms with Gasteiger partial charge < -0.3 is 15.0 Å². The number of hydrogen-bond acceptors (Lipinski definition) is 3. The molecule has 2 amide bonds. The summed E-state index contributed by atoms with van der Waals surface area (Å²) >= 11 is 0. The summed E-state index contributed by atoms with van der Waals surface area (Å²) in [5, 5.41) is 2.83. The van der Waals surface area contributed by atoms with Crippen LogP contribution in [0.1, 0.15) is 31.9 Å². The minimum absolute atomic E-state index is 0.00553. The fourth-order valence-electron chi connectivity index (χ4n) is 2.74. The quantitative estimate of drug-likeness (QED) is 0.756. The lowest BCUT2D eigenvalue weighted by Gasteiger charge is -2.29. The predicted octanol–water partition coefficient (Wildman–Crippen LogP) is 3.45. The van der Waals surface area contributed by atoms with Crippen LogP contribution in [-0.4, -0.2) is 35.4 Å². The van der Waals surface area contributed by atoms with Crippen molar-refractivity contribution in [1.29, 1.82) is 0 Å².